The van der Waals surface area contributed by atoms with E-state index in [1.54, 1.807) is 60.8 Å². The second kappa shape index (κ2) is 19.1. The third kappa shape index (κ3) is 13.9. The van der Waals surface area contributed by atoms with Crippen LogP contribution in [0.15, 0.2) is 71.4 Å². The van der Waals surface area contributed by atoms with Crippen molar-refractivity contribution in [1.82, 2.24) is 19.9 Å². The largest absolute Gasteiger partial charge is 0.508 e. The number of nitrogens with zero attached hydrogens (tertiary/aromatic N) is 4. The summed E-state index contributed by atoms with van der Waals surface area (Å²) in [5.74, 6) is 0.417. The fraction of sp³-hybridized carbons (Fsp3) is 0.263. The summed E-state index contributed by atoms with van der Waals surface area (Å²) in [7, 11) is 0. The van der Waals surface area contributed by atoms with Crippen LogP contribution in [0.1, 0.15) is 56.7 Å². The van der Waals surface area contributed by atoms with Gasteiger partial charge in [0.25, 0.3) is 0 Å². The number of hydrogen-bond donors (Lipinski definition) is 4. The lowest BCUT2D eigenvalue weighted by Crippen LogP contribution is -1.97. The first kappa shape index (κ1) is 39.4. The van der Waals surface area contributed by atoms with Crippen LogP contribution in [0.25, 0.3) is 9.75 Å². The molecule has 0 spiro atoms. The molecule has 0 fully saturated rings. The minimum absolute atomic E-state index is 0.104. The second-order valence-corrected chi connectivity index (χ2v) is 13.0. The third-order valence-electron chi connectivity index (χ3n) is 6.82. The van der Waals surface area contributed by atoms with Gasteiger partial charge in [-0.25, -0.2) is 0 Å². The Morgan fingerprint density at radius 2 is 0.604 bits per heavy atom. The minimum Gasteiger partial charge on any atom is -0.508 e. The van der Waals surface area contributed by atoms with Crippen molar-refractivity contribution < 1.29 is 20.4 Å². The van der Waals surface area contributed by atoms with Crippen molar-refractivity contribution in [2.45, 2.75) is 69.2 Å². The van der Waals surface area contributed by atoms with Gasteiger partial charge in [0.2, 0.25) is 0 Å². The van der Waals surface area contributed by atoms with Crippen LogP contribution >= 0.6 is 22.7 Å². The van der Waals surface area contributed by atoms with Gasteiger partial charge in [0.1, 0.15) is 23.0 Å². The van der Waals surface area contributed by atoms with Crippen LogP contribution in [-0.2, 0) is 0 Å². The molecule has 0 radical (unpaired) electrons. The number of rotatable bonds is 1. The van der Waals surface area contributed by atoms with Crippen LogP contribution in [0.2, 0.25) is 0 Å². The quantitative estimate of drug-likeness (QED) is 0.134. The molecule has 4 aromatic heterocycles. The summed E-state index contributed by atoms with van der Waals surface area (Å²) in [4.78, 5) is 20.0. The molecule has 254 valence electrons. The van der Waals surface area contributed by atoms with Crippen LogP contribution in [0.3, 0.4) is 0 Å². The van der Waals surface area contributed by atoms with Crippen LogP contribution < -0.4 is 0 Å². The number of aryl methyl sites for hydroxylation is 10. The first-order valence-corrected chi connectivity index (χ1v) is 16.9. The smallest absolute Gasteiger partial charge is 0.119 e. The Hall–Kier alpha value is -4.80. The van der Waals surface area contributed by atoms with E-state index in [9.17, 15) is 0 Å². The maximum absolute atomic E-state index is 8.83. The summed E-state index contributed by atoms with van der Waals surface area (Å²) in [6, 6.07) is 17.4. The van der Waals surface area contributed by atoms with Gasteiger partial charge in [-0.3, -0.25) is 19.9 Å². The number of phenolic OH excluding ortho intramolecular Hbond substituents is 4. The molecule has 0 aliphatic heterocycles. The molecule has 0 saturated carbocycles. The van der Waals surface area contributed by atoms with Gasteiger partial charge in [-0.2, -0.15) is 0 Å². The molecule has 0 amide bonds. The molecular weight excluding hydrogens is 641 g/mol. The highest BCUT2D eigenvalue weighted by Crippen LogP contribution is 2.28. The molecule has 2 aromatic carbocycles. The Labute approximate surface area is 292 Å². The lowest BCUT2D eigenvalue weighted by atomic mass is 10.2. The first-order valence-electron chi connectivity index (χ1n) is 15.2. The lowest BCUT2D eigenvalue weighted by Gasteiger charge is -2.01. The highest BCUT2D eigenvalue weighted by Gasteiger charge is 2.00. The van der Waals surface area contributed by atoms with Gasteiger partial charge in [-0.1, -0.05) is 12.1 Å². The standard InChI is InChI=1S/2C8H12N2.C8H6S2.2C7H8O2/c2*1-5-6(2)10-8(4)7(3)9-5;1-3-7(9-5-1)8-4-2-6-10-8;2*1-5-2-6(8)4-7(9)3-5/h2*1-4H3;1-6H;2*2-4,8-9H,1H3. The van der Waals surface area contributed by atoms with Crippen molar-refractivity contribution in [3.05, 3.63) is 128 Å². The van der Waals surface area contributed by atoms with Gasteiger partial charge in [0.15, 0.2) is 0 Å². The Morgan fingerprint density at radius 3 is 0.771 bits per heavy atom. The van der Waals surface area contributed by atoms with E-state index < -0.39 is 0 Å². The normalized spacial score (nSPS) is 9.79. The maximum Gasteiger partial charge on any atom is 0.119 e. The Morgan fingerprint density at radius 1 is 0.375 bits per heavy atom. The van der Waals surface area contributed by atoms with Crippen molar-refractivity contribution in [2.24, 2.45) is 0 Å². The van der Waals surface area contributed by atoms with E-state index >= 15 is 0 Å². The van der Waals surface area contributed by atoms with Crippen LogP contribution in [-0.4, -0.2) is 40.4 Å². The Bertz CT molecular complexity index is 1530. The fourth-order valence-electron chi connectivity index (χ4n) is 3.98. The van der Waals surface area contributed by atoms with E-state index in [-0.39, 0.29) is 23.0 Å². The molecule has 8 nitrogen and oxygen atoms in total. The SMILES string of the molecule is Cc1cc(O)cc(O)c1.Cc1cc(O)cc(O)c1.Cc1nc(C)c(C)nc1C.Cc1nc(C)c(C)nc1C.c1csc(-c2cccs2)c1. The van der Waals surface area contributed by atoms with Gasteiger partial charge in [-0.05, 0) is 128 Å². The fourth-order valence-corrected chi connectivity index (χ4v) is 5.56. The van der Waals surface area contributed by atoms with Crippen LogP contribution in [0.5, 0.6) is 23.0 Å². The monoisotopic (exact) mass is 686 g/mol. The zero-order valence-corrected chi connectivity index (χ0v) is 31.0. The second-order valence-electron chi connectivity index (χ2n) is 11.1. The molecule has 0 bridgehead atoms. The van der Waals surface area contributed by atoms with Gasteiger partial charge in [0, 0.05) is 21.9 Å². The predicted molar refractivity (Wildman–Crippen MR) is 199 cm³/mol. The highest BCUT2D eigenvalue weighted by atomic mass is 32.1. The van der Waals surface area contributed by atoms with Crippen LogP contribution in [0, 0.1) is 69.2 Å². The van der Waals surface area contributed by atoms with E-state index in [4.69, 9.17) is 20.4 Å². The molecule has 4 heterocycles. The van der Waals surface area contributed by atoms with E-state index in [1.807, 2.05) is 55.4 Å². The molecule has 6 rings (SSSR count). The lowest BCUT2D eigenvalue weighted by molar-refractivity contribution is 0.448. The molecule has 0 unspecified atom stereocenters. The summed E-state index contributed by atoms with van der Waals surface area (Å²) < 4.78 is 0. The summed E-state index contributed by atoms with van der Waals surface area (Å²) in [6.45, 7) is 19.5. The molecule has 0 atom stereocenters. The molecule has 4 N–H and O–H groups in total. The summed E-state index contributed by atoms with van der Waals surface area (Å²) >= 11 is 3.58. The van der Waals surface area contributed by atoms with E-state index in [1.165, 1.54) is 21.9 Å². The zero-order chi connectivity index (χ0) is 36.0. The molecule has 0 aliphatic carbocycles. The van der Waals surface area contributed by atoms with Crippen molar-refractivity contribution in [1.29, 1.82) is 0 Å². The van der Waals surface area contributed by atoms with Gasteiger partial charge in [-0.15, -0.1) is 22.7 Å². The third-order valence-corrected chi connectivity index (χ3v) is 8.75. The highest BCUT2D eigenvalue weighted by molar-refractivity contribution is 7.20. The molecule has 10 heteroatoms. The molecule has 0 saturated heterocycles. The van der Waals surface area contributed by atoms with Crippen molar-refractivity contribution in [2.75, 3.05) is 0 Å². The minimum atomic E-state index is 0.104. The number of thiophene rings is 2. The van der Waals surface area contributed by atoms with Gasteiger partial charge >= 0.3 is 0 Å². The summed E-state index contributed by atoms with van der Waals surface area (Å²) in [5.41, 5.74) is 9.95. The topological polar surface area (TPSA) is 132 Å². The van der Waals surface area contributed by atoms with Crippen molar-refractivity contribution in [3.63, 3.8) is 0 Å². The van der Waals surface area contributed by atoms with Gasteiger partial charge in [0.05, 0.1) is 45.6 Å². The van der Waals surface area contributed by atoms with E-state index in [0.717, 1.165) is 56.7 Å². The zero-order valence-electron chi connectivity index (χ0n) is 29.3. The van der Waals surface area contributed by atoms with E-state index in [0.29, 0.717) is 0 Å². The summed E-state index contributed by atoms with van der Waals surface area (Å²) in [6.07, 6.45) is 0. The van der Waals surface area contributed by atoms with Gasteiger partial charge < -0.3 is 20.4 Å². The average molecular weight is 687 g/mol. The molecule has 48 heavy (non-hydrogen) atoms. The number of phenols is 4. The van der Waals surface area contributed by atoms with Crippen molar-refractivity contribution >= 4 is 22.7 Å². The molecule has 6 aromatic rings. The number of benzene rings is 2. The molecular formula is C38H46N4O4S2. The number of hydrogen-bond acceptors (Lipinski definition) is 10. The Kier molecular flexibility index (Phi) is 15.7. The van der Waals surface area contributed by atoms with Crippen molar-refractivity contribution in [3.8, 4) is 32.8 Å². The van der Waals surface area contributed by atoms with E-state index in [2.05, 4.69) is 55.0 Å². The maximum atomic E-state index is 8.83. The number of aromatic nitrogens is 4. The first-order chi connectivity index (χ1) is 22.5. The van der Waals surface area contributed by atoms with Crippen LogP contribution in [0.4, 0.5) is 0 Å². The number of aromatic hydroxyl groups is 4. The molecule has 0 aliphatic rings. The predicted octanol–water partition coefficient (Wildman–Crippen LogP) is 9.71. The average Bonchev–Trinajstić information content (AvgIpc) is 3.70. The Balaban J connectivity index is 0.000000209. The summed E-state index contributed by atoms with van der Waals surface area (Å²) in [5, 5.41) is 39.5.